The fraction of sp³-hybridized carbons (Fsp3) is 0.429. The highest BCUT2D eigenvalue weighted by molar-refractivity contribution is 7.80. The van der Waals surface area contributed by atoms with Gasteiger partial charge in [0.15, 0.2) is 5.11 Å². The Morgan fingerprint density at radius 2 is 1.88 bits per heavy atom. The number of hydrogen-bond donors (Lipinski definition) is 3. The molecule has 10 heteroatoms. The molecule has 0 heterocycles. The Labute approximate surface area is 171 Å². The van der Waals surface area contributed by atoms with Gasteiger partial charge in [0, 0.05) is 12.1 Å². The standard InChI is InChI=1S/C14H16Cl5N3OS/c1-2-3-4-11(23)21-12(14(17,18)19)22-13(24)20-8-5-6-9(15)10(16)7-8/h5-7,12H,2-4H2,1H3,(H,21,23)(H2,20,22,24)/t12-/m1/s1. The van der Waals surface area contributed by atoms with Gasteiger partial charge in [0.1, 0.15) is 6.17 Å². The molecule has 3 N–H and O–H groups in total. The fourth-order valence-corrected chi connectivity index (χ4v) is 2.50. The summed E-state index contributed by atoms with van der Waals surface area (Å²) in [5.74, 6) is -0.238. The van der Waals surface area contributed by atoms with Gasteiger partial charge in [-0.15, -0.1) is 0 Å². The second-order valence-electron chi connectivity index (χ2n) is 4.87. The van der Waals surface area contributed by atoms with E-state index in [4.69, 9.17) is 70.2 Å². The van der Waals surface area contributed by atoms with Crippen LogP contribution in [-0.4, -0.2) is 21.0 Å². The van der Waals surface area contributed by atoms with Crippen molar-refractivity contribution in [2.75, 3.05) is 5.32 Å². The lowest BCUT2D eigenvalue weighted by atomic mass is 10.2. The third-order valence-electron chi connectivity index (χ3n) is 2.84. The maximum absolute atomic E-state index is 11.9. The highest BCUT2D eigenvalue weighted by Crippen LogP contribution is 2.29. The van der Waals surface area contributed by atoms with Gasteiger partial charge in [0.25, 0.3) is 0 Å². The highest BCUT2D eigenvalue weighted by Gasteiger charge is 2.34. The summed E-state index contributed by atoms with van der Waals surface area (Å²) in [5, 5.41) is 9.19. The van der Waals surface area contributed by atoms with Gasteiger partial charge < -0.3 is 16.0 Å². The zero-order chi connectivity index (χ0) is 18.3. The Morgan fingerprint density at radius 1 is 1.21 bits per heavy atom. The number of carbonyl (C=O) groups is 1. The number of alkyl halides is 3. The van der Waals surface area contributed by atoms with Gasteiger partial charge in [-0.1, -0.05) is 71.3 Å². The van der Waals surface area contributed by atoms with Gasteiger partial charge in [-0.2, -0.15) is 0 Å². The van der Waals surface area contributed by atoms with E-state index in [9.17, 15) is 4.79 Å². The predicted molar refractivity (Wildman–Crippen MR) is 108 cm³/mol. The van der Waals surface area contributed by atoms with Gasteiger partial charge in [-0.05, 0) is 36.8 Å². The molecule has 0 saturated carbocycles. The van der Waals surface area contributed by atoms with Gasteiger partial charge in [0.05, 0.1) is 10.0 Å². The van der Waals surface area contributed by atoms with Crippen molar-refractivity contribution < 1.29 is 4.79 Å². The van der Waals surface area contributed by atoms with Gasteiger partial charge >= 0.3 is 0 Å². The van der Waals surface area contributed by atoms with E-state index in [1.165, 1.54) is 0 Å². The van der Waals surface area contributed by atoms with E-state index in [0.717, 1.165) is 12.8 Å². The summed E-state index contributed by atoms with van der Waals surface area (Å²) in [6, 6.07) is 4.90. The molecule has 134 valence electrons. The molecule has 0 spiro atoms. The first-order chi connectivity index (χ1) is 11.1. The Bertz CT molecular complexity index is 594. The minimum absolute atomic E-state index is 0.153. The van der Waals surface area contributed by atoms with E-state index < -0.39 is 9.96 Å². The molecule has 0 unspecified atom stereocenters. The number of halogens is 5. The Balaban J connectivity index is 2.70. The maximum atomic E-state index is 11.9. The van der Waals surface area contributed by atoms with Gasteiger partial charge in [-0.3, -0.25) is 4.79 Å². The molecule has 0 saturated heterocycles. The number of nitrogens with one attached hydrogen (secondary N) is 3. The largest absolute Gasteiger partial charge is 0.339 e. The smallest absolute Gasteiger partial charge is 0.228 e. The summed E-state index contributed by atoms with van der Waals surface area (Å²) >= 11 is 34.7. The van der Waals surface area contributed by atoms with E-state index >= 15 is 0 Å². The van der Waals surface area contributed by atoms with Crippen LogP contribution < -0.4 is 16.0 Å². The van der Waals surface area contributed by atoms with Crippen molar-refractivity contribution in [3.05, 3.63) is 28.2 Å². The van der Waals surface area contributed by atoms with Crippen LogP contribution in [0.3, 0.4) is 0 Å². The third-order valence-corrected chi connectivity index (χ3v) is 4.46. The fourth-order valence-electron chi connectivity index (χ4n) is 1.64. The average Bonchev–Trinajstić information content (AvgIpc) is 2.47. The van der Waals surface area contributed by atoms with Crippen LogP contribution in [0.15, 0.2) is 18.2 Å². The summed E-state index contributed by atoms with van der Waals surface area (Å²) in [7, 11) is 0. The molecule has 0 aromatic heterocycles. The second kappa shape index (κ2) is 10.1. The van der Waals surface area contributed by atoms with Crippen LogP contribution in [0.1, 0.15) is 26.2 Å². The van der Waals surface area contributed by atoms with Crippen LogP contribution in [-0.2, 0) is 4.79 Å². The number of unbranched alkanes of at least 4 members (excludes halogenated alkanes) is 1. The van der Waals surface area contributed by atoms with Crippen molar-refractivity contribution in [2.24, 2.45) is 0 Å². The quantitative estimate of drug-likeness (QED) is 0.313. The molecule has 0 aliphatic heterocycles. The number of hydrogen-bond acceptors (Lipinski definition) is 2. The Kier molecular flexibility index (Phi) is 9.20. The molecule has 0 bridgehead atoms. The molecule has 1 rings (SSSR count). The van der Waals surface area contributed by atoms with Crippen molar-refractivity contribution >= 4 is 86.9 Å². The Hall–Kier alpha value is -0.170. The number of anilines is 1. The molecular weight excluding hydrogens is 436 g/mol. The summed E-state index contributed by atoms with van der Waals surface area (Å²) in [6.07, 6.45) is 0.971. The topological polar surface area (TPSA) is 53.2 Å². The second-order valence-corrected chi connectivity index (χ2v) is 8.46. The number of benzene rings is 1. The summed E-state index contributed by atoms with van der Waals surface area (Å²) < 4.78 is -1.79. The van der Waals surface area contributed by atoms with Crippen LogP contribution in [0.25, 0.3) is 0 Å². The van der Waals surface area contributed by atoms with Crippen molar-refractivity contribution in [3.63, 3.8) is 0 Å². The van der Waals surface area contributed by atoms with Gasteiger partial charge in [0.2, 0.25) is 9.70 Å². The SMILES string of the molecule is CCCCC(=O)N[C@H](NC(=S)Nc1ccc(Cl)c(Cl)c1)C(Cl)(Cl)Cl. The number of amides is 1. The minimum Gasteiger partial charge on any atom is -0.339 e. The number of carbonyl (C=O) groups excluding carboxylic acids is 1. The number of thiocarbonyl (C=S) groups is 1. The molecular formula is C14H16Cl5N3OS. The van der Waals surface area contributed by atoms with Crippen LogP contribution >= 0.6 is 70.2 Å². The highest BCUT2D eigenvalue weighted by atomic mass is 35.6. The van der Waals surface area contributed by atoms with E-state index in [0.29, 0.717) is 22.2 Å². The molecule has 24 heavy (non-hydrogen) atoms. The van der Waals surface area contributed by atoms with Crippen LogP contribution in [0.4, 0.5) is 5.69 Å². The normalized spacial score (nSPS) is 12.4. The molecule has 1 aromatic rings. The van der Waals surface area contributed by atoms with Crippen molar-refractivity contribution in [3.8, 4) is 0 Å². The summed E-state index contributed by atoms with van der Waals surface area (Å²) in [6.45, 7) is 1.98. The van der Waals surface area contributed by atoms with Gasteiger partial charge in [-0.25, -0.2) is 0 Å². The third kappa shape index (κ3) is 7.81. The van der Waals surface area contributed by atoms with Crippen LogP contribution in [0.2, 0.25) is 10.0 Å². The summed E-state index contributed by atoms with van der Waals surface area (Å²) in [5.41, 5.74) is 0.599. The van der Waals surface area contributed by atoms with Crippen molar-refractivity contribution in [1.82, 2.24) is 10.6 Å². The molecule has 0 aliphatic carbocycles. The lowest BCUT2D eigenvalue weighted by Crippen LogP contribution is -2.56. The first-order valence-electron chi connectivity index (χ1n) is 7.02. The summed E-state index contributed by atoms with van der Waals surface area (Å²) in [4.78, 5) is 11.9. The first-order valence-corrected chi connectivity index (χ1v) is 9.32. The zero-order valence-electron chi connectivity index (χ0n) is 12.6. The van der Waals surface area contributed by atoms with Crippen molar-refractivity contribution in [2.45, 2.75) is 36.1 Å². The average molecular weight is 452 g/mol. The Morgan fingerprint density at radius 3 is 2.42 bits per heavy atom. The molecule has 1 amide bonds. The van der Waals surface area contributed by atoms with E-state index in [1.807, 2.05) is 6.92 Å². The maximum Gasteiger partial charge on any atom is 0.228 e. The molecule has 0 fully saturated rings. The monoisotopic (exact) mass is 449 g/mol. The van der Waals surface area contributed by atoms with E-state index in [2.05, 4.69) is 16.0 Å². The van der Waals surface area contributed by atoms with Crippen LogP contribution in [0, 0.1) is 0 Å². The van der Waals surface area contributed by atoms with Crippen molar-refractivity contribution in [1.29, 1.82) is 0 Å². The molecule has 4 nitrogen and oxygen atoms in total. The minimum atomic E-state index is -1.79. The molecule has 1 aromatic carbocycles. The van der Waals surface area contributed by atoms with Crippen LogP contribution in [0.5, 0.6) is 0 Å². The number of rotatable bonds is 6. The lowest BCUT2D eigenvalue weighted by molar-refractivity contribution is -0.122. The van der Waals surface area contributed by atoms with E-state index in [-0.39, 0.29) is 11.0 Å². The first kappa shape index (κ1) is 21.9. The molecule has 1 atom stereocenters. The predicted octanol–water partition coefficient (Wildman–Crippen LogP) is 5.28. The lowest BCUT2D eigenvalue weighted by Gasteiger charge is -2.27. The van der Waals surface area contributed by atoms with E-state index in [1.54, 1.807) is 18.2 Å². The molecule has 0 aliphatic rings. The zero-order valence-corrected chi connectivity index (χ0v) is 17.2. The molecule has 0 radical (unpaired) electrons.